The van der Waals surface area contributed by atoms with Gasteiger partial charge in [0.2, 0.25) is 0 Å². The van der Waals surface area contributed by atoms with Crippen molar-refractivity contribution in [3.8, 4) is 0 Å². The molecule has 0 unspecified atom stereocenters. The summed E-state index contributed by atoms with van der Waals surface area (Å²) in [5, 5.41) is 0. The SMILES string of the molecule is Cc1cc2sn(C)c(=O)c2nc1C. The van der Waals surface area contributed by atoms with E-state index in [1.165, 1.54) is 11.5 Å². The number of hydrogen-bond acceptors (Lipinski definition) is 3. The van der Waals surface area contributed by atoms with Crippen LogP contribution in [0.25, 0.3) is 10.2 Å². The zero-order chi connectivity index (χ0) is 9.59. The molecule has 0 saturated heterocycles. The van der Waals surface area contributed by atoms with E-state index < -0.39 is 0 Å². The number of aromatic nitrogens is 2. The summed E-state index contributed by atoms with van der Waals surface area (Å²) in [5.74, 6) is 0. The monoisotopic (exact) mass is 194 g/mol. The van der Waals surface area contributed by atoms with Gasteiger partial charge in [0.25, 0.3) is 5.56 Å². The van der Waals surface area contributed by atoms with E-state index in [-0.39, 0.29) is 5.56 Å². The molecule has 0 fully saturated rings. The van der Waals surface area contributed by atoms with E-state index in [2.05, 4.69) is 4.98 Å². The third-order valence-electron chi connectivity index (χ3n) is 2.16. The van der Waals surface area contributed by atoms with Crippen LogP contribution in [0.3, 0.4) is 0 Å². The van der Waals surface area contributed by atoms with Gasteiger partial charge in [-0.15, -0.1) is 0 Å². The lowest BCUT2D eigenvalue weighted by molar-refractivity contribution is 0.983. The number of nitrogens with zero attached hydrogens (tertiary/aromatic N) is 2. The molecule has 0 aliphatic carbocycles. The van der Waals surface area contributed by atoms with Crippen molar-refractivity contribution in [1.29, 1.82) is 0 Å². The molecule has 0 atom stereocenters. The number of pyridine rings is 1. The van der Waals surface area contributed by atoms with Crippen molar-refractivity contribution in [2.24, 2.45) is 7.05 Å². The zero-order valence-corrected chi connectivity index (χ0v) is 8.60. The van der Waals surface area contributed by atoms with Gasteiger partial charge < -0.3 is 0 Å². The second-order valence-electron chi connectivity index (χ2n) is 3.13. The van der Waals surface area contributed by atoms with Gasteiger partial charge in [-0.05, 0) is 25.5 Å². The summed E-state index contributed by atoms with van der Waals surface area (Å²) in [4.78, 5) is 15.8. The number of rotatable bonds is 0. The minimum atomic E-state index is 0.00287. The van der Waals surface area contributed by atoms with Crippen LogP contribution in [0.5, 0.6) is 0 Å². The van der Waals surface area contributed by atoms with E-state index in [4.69, 9.17) is 0 Å². The van der Waals surface area contributed by atoms with Crippen molar-refractivity contribution in [3.05, 3.63) is 27.7 Å². The Balaban J connectivity index is 2.97. The first-order valence-electron chi connectivity index (χ1n) is 4.04. The first-order chi connectivity index (χ1) is 6.09. The van der Waals surface area contributed by atoms with Gasteiger partial charge in [-0.3, -0.25) is 8.75 Å². The van der Waals surface area contributed by atoms with Crippen molar-refractivity contribution < 1.29 is 0 Å². The molecule has 0 bridgehead atoms. The maximum Gasteiger partial charge on any atom is 0.286 e. The van der Waals surface area contributed by atoms with Crippen LogP contribution in [0.15, 0.2) is 10.9 Å². The van der Waals surface area contributed by atoms with Gasteiger partial charge in [-0.2, -0.15) is 0 Å². The fraction of sp³-hybridized carbons (Fsp3) is 0.333. The summed E-state index contributed by atoms with van der Waals surface area (Å²) in [7, 11) is 1.76. The second kappa shape index (κ2) is 2.67. The molecular weight excluding hydrogens is 184 g/mol. The molecular formula is C9H10N2OS. The molecule has 0 saturated carbocycles. The number of aryl methyl sites for hydroxylation is 3. The molecule has 3 nitrogen and oxygen atoms in total. The maximum atomic E-state index is 11.5. The average molecular weight is 194 g/mol. The third-order valence-corrected chi connectivity index (χ3v) is 3.10. The summed E-state index contributed by atoms with van der Waals surface area (Å²) >= 11 is 1.44. The van der Waals surface area contributed by atoms with Gasteiger partial charge in [-0.25, -0.2) is 4.98 Å². The highest BCUT2D eigenvalue weighted by molar-refractivity contribution is 7.13. The summed E-state index contributed by atoms with van der Waals surface area (Å²) in [6.07, 6.45) is 0. The Bertz CT molecular complexity index is 524. The standard InChI is InChI=1S/C9H10N2OS/c1-5-4-7-8(10-6(5)2)9(12)11(3)13-7/h4H,1-3H3. The molecule has 13 heavy (non-hydrogen) atoms. The fourth-order valence-corrected chi connectivity index (χ4v) is 2.15. The van der Waals surface area contributed by atoms with Gasteiger partial charge >= 0.3 is 0 Å². The van der Waals surface area contributed by atoms with Crippen LogP contribution >= 0.6 is 11.5 Å². The Morgan fingerprint density at radius 2 is 2.15 bits per heavy atom. The van der Waals surface area contributed by atoms with Gasteiger partial charge in [-0.1, -0.05) is 11.5 Å². The molecule has 0 aromatic carbocycles. The quantitative estimate of drug-likeness (QED) is 0.638. The largest absolute Gasteiger partial charge is 0.286 e. The van der Waals surface area contributed by atoms with Crippen LogP contribution in [0.2, 0.25) is 0 Å². The zero-order valence-electron chi connectivity index (χ0n) is 7.79. The molecule has 2 aromatic heterocycles. The van der Waals surface area contributed by atoms with Crippen molar-refractivity contribution in [1.82, 2.24) is 8.94 Å². The molecule has 0 aliphatic rings. The molecule has 4 heteroatoms. The van der Waals surface area contributed by atoms with E-state index in [0.29, 0.717) is 5.52 Å². The smallest absolute Gasteiger partial charge is 0.266 e. The normalized spacial score (nSPS) is 11.0. The Labute approximate surface area is 79.8 Å². The molecule has 2 aromatic rings. The van der Waals surface area contributed by atoms with Gasteiger partial charge in [0.15, 0.2) is 0 Å². The predicted octanol–water partition coefficient (Wildman–Crippen LogP) is 1.61. The molecule has 0 amide bonds. The molecule has 0 radical (unpaired) electrons. The third kappa shape index (κ3) is 1.18. The first-order valence-corrected chi connectivity index (χ1v) is 4.81. The van der Waals surface area contributed by atoms with Crippen LogP contribution in [-0.2, 0) is 7.05 Å². The van der Waals surface area contributed by atoms with Crippen molar-refractivity contribution in [2.75, 3.05) is 0 Å². The van der Waals surface area contributed by atoms with Gasteiger partial charge in [0, 0.05) is 12.7 Å². The second-order valence-corrected chi connectivity index (χ2v) is 4.30. The highest BCUT2D eigenvalue weighted by atomic mass is 32.1. The Kier molecular flexibility index (Phi) is 1.73. The molecule has 0 spiro atoms. The van der Waals surface area contributed by atoms with Crippen LogP contribution in [-0.4, -0.2) is 8.94 Å². The summed E-state index contributed by atoms with van der Waals surface area (Å²) in [6.45, 7) is 3.93. The number of fused-ring (bicyclic) bond motifs is 1. The van der Waals surface area contributed by atoms with Crippen molar-refractivity contribution in [3.63, 3.8) is 0 Å². The Morgan fingerprint density at radius 1 is 1.46 bits per heavy atom. The highest BCUT2D eigenvalue weighted by Crippen LogP contribution is 2.17. The van der Waals surface area contributed by atoms with Gasteiger partial charge in [0.05, 0.1) is 4.70 Å². The van der Waals surface area contributed by atoms with E-state index in [1.54, 1.807) is 11.0 Å². The summed E-state index contributed by atoms with van der Waals surface area (Å²) < 4.78 is 2.58. The molecule has 0 N–H and O–H groups in total. The predicted molar refractivity (Wildman–Crippen MR) is 54.3 cm³/mol. The fourth-order valence-electron chi connectivity index (χ4n) is 1.24. The van der Waals surface area contributed by atoms with E-state index >= 15 is 0 Å². The van der Waals surface area contributed by atoms with Crippen LogP contribution in [0.4, 0.5) is 0 Å². The maximum absolute atomic E-state index is 11.5. The van der Waals surface area contributed by atoms with E-state index in [1.807, 2.05) is 19.9 Å². The minimum Gasteiger partial charge on any atom is -0.266 e. The topological polar surface area (TPSA) is 34.9 Å². The van der Waals surface area contributed by atoms with Crippen LogP contribution in [0.1, 0.15) is 11.3 Å². The first kappa shape index (κ1) is 8.44. The molecule has 0 aliphatic heterocycles. The van der Waals surface area contributed by atoms with E-state index in [0.717, 1.165) is 16.0 Å². The Morgan fingerprint density at radius 3 is 2.85 bits per heavy atom. The van der Waals surface area contributed by atoms with Crippen molar-refractivity contribution >= 4 is 21.7 Å². The Hall–Kier alpha value is -1.16. The minimum absolute atomic E-state index is 0.00287. The van der Waals surface area contributed by atoms with Crippen LogP contribution in [0, 0.1) is 13.8 Å². The summed E-state index contributed by atoms with van der Waals surface area (Å²) in [6, 6.07) is 2.02. The lowest BCUT2D eigenvalue weighted by Crippen LogP contribution is -2.09. The van der Waals surface area contributed by atoms with Crippen LogP contribution < -0.4 is 5.56 Å². The molecule has 2 rings (SSSR count). The van der Waals surface area contributed by atoms with Gasteiger partial charge in [0.1, 0.15) is 5.52 Å². The summed E-state index contributed by atoms with van der Waals surface area (Å²) in [5.41, 5.74) is 2.66. The highest BCUT2D eigenvalue weighted by Gasteiger charge is 2.07. The molecule has 2 heterocycles. The van der Waals surface area contributed by atoms with Crippen molar-refractivity contribution in [2.45, 2.75) is 13.8 Å². The lowest BCUT2D eigenvalue weighted by Gasteiger charge is -1.95. The van der Waals surface area contributed by atoms with E-state index in [9.17, 15) is 4.79 Å². The lowest BCUT2D eigenvalue weighted by atomic mass is 10.2. The molecule has 68 valence electrons. The number of hydrogen-bond donors (Lipinski definition) is 0. The average Bonchev–Trinajstić information content (AvgIpc) is 2.32.